The highest BCUT2D eigenvalue weighted by Crippen LogP contribution is 2.24. The summed E-state index contributed by atoms with van der Waals surface area (Å²) in [5, 5.41) is 8.63. The normalized spacial score (nSPS) is 12.3. The number of rotatable bonds is 6. The predicted molar refractivity (Wildman–Crippen MR) is 119 cm³/mol. The molecule has 4 rings (SSSR count). The van der Waals surface area contributed by atoms with E-state index in [9.17, 15) is 9.59 Å². The summed E-state index contributed by atoms with van der Waals surface area (Å²) in [6.45, 7) is 5.65. The second-order valence-electron chi connectivity index (χ2n) is 7.74. The smallest absolute Gasteiger partial charge is 0.270 e. The summed E-state index contributed by atoms with van der Waals surface area (Å²) in [4.78, 5) is 35.8. The van der Waals surface area contributed by atoms with Crippen molar-refractivity contribution in [3.05, 3.63) is 80.9 Å². The van der Waals surface area contributed by atoms with Gasteiger partial charge in [0, 0.05) is 42.2 Å². The molecule has 31 heavy (non-hydrogen) atoms. The second-order valence-corrected chi connectivity index (χ2v) is 7.74. The maximum atomic E-state index is 13.3. The molecule has 1 aromatic carbocycles. The van der Waals surface area contributed by atoms with Crippen LogP contribution >= 0.6 is 0 Å². The van der Waals surface area contributed by atoms with Crippen molar-refractivity contribution in [1.82, 2.24) is 30.0 Å². The molecule has 8 nitrogen and oxygen atoms in total. The lowest BCUT2D eigenvalue weighted by molar-refractivity contribution is 0.0925. The molecule has 0 bridgehead atoms. The van der Waals surface area contributed by atoms with Crippen LogP contribution in [0.3, 0.4) is 0 Å². The van der Waals surface area contributed by atoms with Crippen LogP contribution in [-0.2, 0) is 19.9 Å². The maximum Gasteiger partial charge on any atom is 0.270 e. The molecule has 3 heterocycles. The summed E-state index contributed by atoms with van der Waals surface area (Å²) in [5.74, 6) is 0.266. The van der Waals surface area contributed by atoms with E-state index in [0.717, 1.165) is 34.1 Å². The molecule has 4 aromatic rings. The van der Waals surface area contributed by atoms with Crippen LogP contribution in [0.15, 0.2) is 41.3 Å². The molecule has 1 atom stereocenters. The van der Waals surface area contributed by atoms with Crippen molar-refractivity contribution in [2.75, 3.05) is 0 Å². The van der Waals surface area contributed by atoms with Gasteiger partial charge in [0.25, 0.3) is 11.5 Å². The van der Waals surface area contributed by atoms with Gasteiger partial charge in [-0.05, 0) is 31.9 Å². The minimum atomic E-state index is -0.480. The zero-order valence-corrected chi connectivity index (χ0v) is 18.1. The van der Waals surface area contributed by atoms with E-state index in [0.29, 0.717) is 23.6 Å². The van der Waals surface area contributed by atoms with E-state index in [1.54, 1.807) is 18.7 Å². The minimum Gasteiger partial charge on any atom is -0.361 e. The standard InChI is InChI=1S/C23H26N6O2/c1-5-17-13(2)22(29(4)28-17)23(31)27-19(20-11-21(30)26-14(3)25-20)10-15-12-24-18-9-7-6-8-16(15)18/h6-9,11-12,19,24H,5,10H2,1-4H3,(H,27,31)(H,25,26,30). The molecule has 1 unspecified atom stereocenters. The number of carbonyl (C=O) groups is 1. The Balaban J connectivity index is 1.73. The first-order chi connectivity index (χ1) is 14.9. The Morgan fingerprint density at radius 2 is 2.03 bits per heavy atom. The summed E-state index contributed by atoms with van der Waals surface area (Å²) in [6.07, 6.45) is 3.18. The molecule has 0 saturated carbocycles. The molecule has 0 aliphatic carbocycles. The number of nitrogens with one attached hydrogen (secondary N) is 3. The van der Waals surface area contributed by atoms with Crippen molar-refractivity contribution in [2.45, 2.75) is 39.7 Å². The van der Waals surface area contributed by atoms with Gasteiger partial charge in [0.1, 0.15) is 11.5 Å². The zero-order chi connectivity index (χ0) is 22.1. The molecule has 0 aliphatic rings. The zero-order valence-electron chi connectivity index (χ0n) is 18.1. The van der Waals surface area contributed by atoms with Gasteiger partial charge in [-0.2, -0.15) is 5.10 Å². The van der Waals surface area contributed by atoms with Gasteiger partial charge < -0.3 is 15.3 Å². The van der Waals surface area contributed by atoms with Crippen LogP contribution in [-0.4, -0.2) is 30.6 Å². The van der Waals surface area contributed by atoms with Crippen LogP contribution in [0.2, 0.25) is 0 Å². The van der Waals surface area contributed by atoms with Crippen LogP contribution in [0.1, 0.15) is 51.8 Å². The lowest BCUT2D eigenvalue weighted by Gasteiger charge is -2.19. The minimum absolute atomic E-state index is 0.239. The monoisotopic (exact) mass is 418 g/mol. The highest BCUT2D eigenvalue weighted by Gasteiger charge is 2.24. The molecule has 3 N–H and O–H groups in total. The number of fused-ring (bicyclic) bond motifs is 1. The summed E-state index contributed by atoms with van der Waals surface area (Å²) in [7, 11) is 1.77. The Morgan fingerprint density at radius 3 is 2.74 bits per heavy atom. The lowest BCUT2D eigenvalue weighted by atomic mass is 10.0. The third-order valence-corrected chi connectivity index (χ3v) is 5.57. The molecule has 0 saturated heterocycles. The fourth-order valence-corrected chi connectivity index (χ4v) is 4.10. The van der Waals surface area contributed by atoms with Gasteiger partial charge in [-0.25, -0.2) is 4.98 Å². The number of amides is 1. The van der Waals surface area contributed by atoms with Crippen molar-refractivity contribution in [3.8, 4) is 0 Å². The molecular formula is C23H26N6O2. The molecule has 160 valence electrons. The number of hydrogen-bond acceptors (Lipinski definition) is 4. The first kappa shape index (κ1) is 20.6. The third-order valence-electron chi connectivity index (χ3n) is 5.57. The molecule has 8 heteroatoms. The molecular weight excluding hydrogens is 392 g/mol. The van der Waals surface area contributed by atoms with Gasteiger partial charge in [-0.1, -0.05) is 25.1 Å². The lowest BCUT2D eigenvalue weighted by Crippen LogP contribution is -2.33. The van der Waals surface area contributed by atoms with Crippen molar-refractivity contribution < 1.29 is 4.79 Å². The van der Waals surface area contributed by atoms with Gasteiger partial charge in [0.2, 0.25) is 0 Å². The highest BCUT2D eigenvalue weighted by atomic mass is 16.2. The fraction of sp³-hybridized carbons (Fsp3) is 0.304. The Bertz CT molecular complexity index is 1310. The van der Waals surface area contributed by atoms with E-state index in [4.69, 9.17) is 0 Å². The number of hydrogen-bond donors (Lipinski definition) is 3. The molecule has 1 amide bonds. The third kappa shape index (κ3) is 4.01. The highest BCUT2D eigenvalue weighted by molar-refractivity contribution is 5.94. The van der Waals surface area contributed by atoms with Gasteiger partial charge in [0.05, 0.1) is 17.4 Å². The molecule has 0 fully saturated rings. The quantitative estimate of drug-likeness (QED) is 0.447. The number of aryl methyl sites for hydroxylation is 3. The number of aromatic nitrogens is 5. The van der Waals surface area contributed by atoms with E-state index >= 15 is 0 Å². The predicted octanol–water partition coefficient (Wildman–Crippen LogP) is 2.88. The molecule has 0 spiro atoms. The van der Waals surface area contributed by atoms with E-state index in [1.165, 1.54) is 6.07 Å². The number of H-pyrrole nitrogens is 2. The number of benzene rings is 1. The van der Waals surface area contributed by atoms with Crippen LogP contribution in [0.5, 0.6) is 0 Å². The second kappa shape index (κ2) is 8.22. The summed E-state index contributed by atoms with van der Waals surface area (Å²) < 4.78 is 1.61. The number of para-hydroxylation sites is 1. The number of carbonyl (C=O) groups excluding carboxylic acids is 1. The van der Waals surface area contributed by atoms with E-state index in [1.807, 2.05) is 44.3 Å². The Hall–Kier alpha value is -3.68. The average molecular weight is 419 g/mol. The van der Waals surface area contributed by atoms with E-state index < -0.39 is 6.04 Å². The van der Waals surface area contributed by atoms with Gasteiger partial charge in [-0.15, -0.1) is 0 Å². The topological polar surface area (TPSA) is 108 Å². The van der Waals surface area contributed by atoms with Crippen molar-refractivity contribution in [2.24, 2.45) is 7.05 Å². The van der Waals surface area contributed by atoms with Gasteiger partial charge in [0.15, 0.2) is 0 Å². The number of aromatic amines is 2. The van der Waals surface area contributed by atoms with Crippen molar-refractivity contribution in [3.63, 3.8) is 0 Å². The van der Waals surface area contributed by atoms with Crippen LogP contribution in [0.4, 0.5) is 0 Å². The summed E-state index contributed by atoms with van der Waals surface area (Å²) >= 11 is 0. The first-order valence-electron chi connectivity index (χ1n) is 10.3. The first-order valence-corrected chi connectivity index (χ1v) is 10.3. The number of nitrogens with zero attached hydrogens (tertiary/aromatic N) is 3. The summed E-state index contributed by atoms with van der Waals surface area (Å²) in [5.41, 5.74) is 4.61. The van der Waals surface area contributed by atoms with E-state index in [-0.39, 0.29) is 11.5 Å². The van der Waals surface area contributed by atoms with Gasteiger partial charge in [-0.3, -0.25) is 14.3 Å². The SMILES string of the molecule is CCc1nn(C)c(C(=O)NC(Cc2c[nH]c3ccccc23)c2cc(=O)[nH]c(C)n2)c1C. The van der Waals surface area contributed by atoms with Gasteiger partial charge >= 0.3 is 0 Å². The average Bonchev–Trinajstić information content (AvgIpc) is 3.26. The Morgan fingerprint density at radius 1 is 1.26 bits per heavy atom. The molecule has 0 radical (unpaired) electrons. The van der Waals surface area contributed by atoms with Crippen molar-refractivity contribution in [1.29, 1.82) is 0 Å². The maximum absolute atomic E-state index is 13.3. The fourth-order valence-electron chi connectivity index (χ4n) is 4.10. The van der Waals surface area contributed by atoms with Crippen LogP contribution < -0.4 is 10.9 Å². The van der Waals surface area contributed by atoms with Crippen molar-refractivity contribution >= 4 is 16.8 Å². The molecule has 0 aliphatic heterocycles. The summed E-state index contributed by atoms with van der Waals surface area (Å²) in [6, 6.07) is 8.96. The Kier molecular flexibility index (Phi) is 5.46. The van der Waals surface area contributed by atoms with Crippen LogP contribution in [0, 0.1) is 13.8 Å². The van der Waals surface area contributed by atoms with Crippen LogP contribution in [0.25, 0.3) is 10.9 Å². The molecule has 3 aromatic heterocycles. The largest absolute Gasteiger partial charge is 0.361 e. The Labute approximate surface area is 179 Å². The van der Waals surface area contributed by atoms with E-state index in [2.05, 4.69) is 25.4 Å².